The topological polar surface area (TPSA) is 76.7 Å². The highest BCUT2D eigenvalue weighted by molar-refractivity contribution is 5.94. The highest BCUT2D eigenvalue weighted by atomic mass is 16.5. The quantitative estimate of drug-likeness (QED) is 0.855. The van der Waals surface area contributed by atoms with E-state index in [0.29, 0.717) is 22.9 Å². The molecule has 0 spiro atoms. The number of amides is 2. The van der Waals surface area contributed by atoms with E-state index in [0.717, 1.165) is 5.56 Å². The van der Waals surface area contributed by atoms with E-state index in [1.54, 1.807) is 56.7 Å². The highest BCUT2D eigenvalue weighted by Crippen LogP contribution is 2.25. The van der Waals surface area contributed by atoms with E-state index in [2.05, 4.69) is 10.6 Å². The van der Waals surface area contributed by atoms with Gasteiger partial charge in [0.25, 0.3) is 0 Å². The maximum Gasteiger partial charge on any atom is 0.228 e. The lowest BCUT2D eigenvalue weighted by Crippen LogP contribution is -2.15. The molecule has 0 fully saturated rings. The van der Waals surface area contributed by atoms with E-state index in [1.807, 2.05) is 0 Å². The van der Waals surface area contributed by atoms with Gasteiger partial charge >= 0.3 is 0 Å². The van der Waals surface area contributed by atoms with E-state index in [9.17, 15) is 9.59 Å². The first-order chi connectivity index (χ1) is 11.5. The lowest BCUT2D eigenvalue weighted by atomic mass is 10.1. The van der Waals surface area contributed by atoms with Crippen LogP contribution >= 0.6 is 0 Å². The molecule has 0 saturated heterocycles. The van der Waals surface area contributed by atoms with Crippen molar-refractivity contribution in [3.05, 3.63) is 48.0 Å². The number of carbonyl (C=O) groups excluding carboxylic acids is 2. The molecule has 0 saturated carbocycles. The second-order valence-corrected chi connectivity index (χ2v) is 5.16. The first-order valence-corrected chi connectivity index (χ1v) is 7.40. The van der Waals surface area contributed by atoms with E-state index in [1.165, 1.54) is 6.92 Å². The SMILES string of the molecule is COc1ccc(CC(=O)Nc2cccc(NC(C)=O)c2)c(OC)c1. The Balaban J connectivity index is 2.07. The number of anilines is 2. The Bertz CT molecular complexity index is 744. The van der Waals surface area contributed by atoms with Crippen LogP contribution in [-0.2, 0) is 16.0 Å². The van der Waals surface area contributed by atoms with Crippen molar-refractivity contribution in [2.75, 3.05) is 24.9 Å². The summed E-state index contributed by atoms with van der Waals surface area (Å²) in [6.45, 7) is 1.43. The normalized spacial score (nSPS) is 9.96. The molecule has 0 aliphatic carbocycles. The van der Waals surface area contributed by atoms with E-state index >= 15 is 0 Å². The number of carbonyl (C=O) groups is 2. The van der Waals surface area contributed by atoms with Crippen molar-refractivity contribution in [2.45, 2.75) is 13.3 Å². The van der Waals surface area contributed by atoms with Crippen LogP contribution in [0.2, 0.25) is 0 Å². The van der Waals surface area contributed by atoms with Gasteiger partial charge in [0.15, 0.2) is 0 Å². The van der Waals surface area contributed by atoms with Crippen molar-refractivity contribution < 1.29 is 19.1 Å². The van der Waals surface area contributed by atoms with E-state index in [4.69, 9.17) is 9.47 Å². The zero-order chi connectivity index (χ0) is 17.5. The third-order valence-corrected chi connectivity index (χ3v) is 3.31. The number of hydrogen-bond donors (Lipinski definition) is 2. The van der Waals surface area contributed by atoms with Gasteiger partial charge in [-0.25, -0.2) is 0 Å². The zero-order valence-electron chi connectivity index (χ0n) is 13.9. The molecule has 126 valence electrons. The van der Waals surface area contributed by atoms with Crippen LogP contribution in [-0.4, -0.2) is 26.0 Å². The average molecular weight is 328 g/mol. The number of nitrogens with one attached hydrogen (secondary N) is 2. The van der Waals surface area contributed by atoms with Gasteiger partial charge in [0.1, 0.15) is 11.5 Å². The zero-order valence-corrected chi connectivity index (χ0v) is 13.9. The Kier molecular flexibility index (Phi) is 5.78. The Labute approximate surface area is 140 Å². The van der Waals surface area contributed by atoms with Crippen molar-refractivity contribution in [3.8, 4) is 11.5 Å². The fraction of sp³-hybridized carbons (Fsp3) is 0.222. The van der Waals surface area contributed by atoms with Crippen LogP contribution < -0.4 is 20.1 Å². The maximum atomic E-state index is 12.3. The minimum Gasteiger partial charge on any atom is -0.497 e. The van der Waals surface area contributed by atoms with E-state index < -0.39 is 0 Å². The first kappa shape index (κ1) is 17.3. The Morgan fingerprint density at radius 1 is 0.958 bits per heavy atom. The monoisotopic (exact) mass is 328 g/mol. The molecule has 0 unspecified atom stereocenters. The predicted octanol–water partition coefficient (Wildman–Crippen LogP) is 2.84. The second kappa shape index (κ2) is 8.01. The van der Waals surface area contributed by atoms with Gasteiger partial charge in [-0.05, 0) is 24.3 Å². The fourth-order valence-electron chi connectivity index (χ4n) is 2.25. The molecule has 0 aromatic heterocycles. The van der Waals surface area contributed by atoms with Gasteiger partial charge in [0, 0.05) is 29.9 Å². The third kappa shape index (κ3) is 4.74. The summed E-state index contributed by atoms with van der Waals surface area (Å²) in [6, 6.07) is 12.3. The molecule has 0 heterocycles. The summed E-state index contributed by atoms with van der Waals surface area (Å²) in [6.07, 6.45) is 0.164. The summed E-state index contributed by atoms with van der Waals surface area (Å²) >= 11 is 0. The van der Waals surface area contributed by atoms with E-state index in [-0.39, 0.29) is 18.2 Å². The molecular weight excluding hydrogens is 308 g/mol. The maximum absolute atomic E-state index is 12.3. The summed E-state index contributed by atoms with van der Waals surface area (Å²) in [4.78, 5) is 23.3. The molecular formula is C18H20N2O4. The standard InChI is InChI=1S/C18H20N2O4/c1-12(21)19-14-5-4-6-15(10-14)20-18(22)9-13-7-8-16(23-2)11-17(13)24-3/h4-8,10-11H,9H2,1-3H3,(H,19,21)(H,20,22). The largest absolute Gasteiger partial charge is 0.497 e. The molecule has 0 aliphatic rings. The number of ether oxygens (including phenoxy) is 2. The summed E-state index contributed by atoms with van der Waals surface area (Å²) in [5.74, 6) is 0.912. The lowest BCUT2D eigenvalue weighted by Gasteiger charge is -2.11. The van der Waals surface area contributed by atoms with Crippen LogP contribution in [0.1, 0.15) is 12.5 Å². The van der Waals surface area contributed by atoms with Gasteiger partial charge < -0.3 is 20.1 Å². The van der Waals surface area contributed by atoms with Gasteiger partial charge in [0.05, 0.1) is 20.6 Å². The summed E-state index contributed by atoms with van der Waals surface area (Å²) in [5.41, 5.74) is 2.00. The molecule has 2 N–H and O–H groups in total. The van der Waals surface area contributed by atoms with Crippen LogP contribution in [0.5, 0.6) is 11.5 Å². The molecule has 6 heteroatoms. The molecule has 2 aromatic rings. The van der Waals surface area contributed by atoms with Gasteiger partial charge in [-0.1, -0.05) is 12.1 Å². The third-order valence-electron chi connectivity index (χ3n) is 3.31. The van der Waals surface area contributed by atoms with Crippen molar-refractivity contribution in [1.82, 2.24) is 0 Å². The van der Waals surface area contributed by atoms with Gasteiger partial charge in [0.2, 0.25) is 11.8 Å². The molecule has 6 nitrogen and oxygen atoms in total. The Morgan fingerprint density at radius 2 is 1.67 bits per heavy atom. The van der Waals surface area contributed by atoms with Crippen molar-refractivity contribution in [2.24, 2.45) is 0 Å². The number of benzene rings is 2. The van der Waals surface area contributed by atoms with Gasteiger partial charge in [-0.2, -0.15) is 0 Å². The number of methoxy groups -OCH3 is 2. The minimum absolute atomic E-state index is 0.164. The second-order valence-electron chi connectivity index (χ2n) is 5.16. The predicted molar refractivity (Wildman–Crippen MR) is 92.6 cm³/mol. The first-order valence-electron chi connectivity index (χ1n) is 7.40. The Morgan fingerprint density at radius 3 is 2.29 bits per heavy atom. The number of rotatable bonds is 6. The van der Waals surface area contributed by atoms with Crippen LogP contribution in [0, 0.1) is 0 Å². The smallest absolute Gasteiger partial charge is 0.228 e. The molecule has 24 heavy (non-hydrogen) atoms. The van der Waals surface area contributed by atoms with Crippen LogP contribution in [0.25, 0.3) is 0 Å². The van der Waals surface area contributed by atoms with Gasteiger partial charge in [-0.3, -0.25) is 9.59 Å². The summed E-state index contributed by atoms with van der Waals surface area (Å²) in [7, 11) is 3.12. The van der Waals surface area contributed by atoms with Crippen LogP contribution in [0.3, 0.4) is 0 Å². The lowest BCUT2D eigenvalue weighted by molar-refractivity contribution is -0.116. The molecule has 2 rings (SSSR count). The summed E-state index contributed by atoms with van der Waals surface area (Å²) in [5, 5.41) is 5.48. The Hall–Kier alpha value is -3.02. The molecule has 2 aromatic carbocycles. The molecule has 0 bridgehead atoms. The van der Waals surface area contributed by atoms with Crippen molar-refractivity contribution in [3.63, 3.8) is 0 Å². The highest BCUT2D eigenvalue weighted by Gasteiger charge is 2.10. The molecule has 2 amide bonds. The van der Waals surface area contributed by atoms with Crippen molar-refractivity contribution >= 4 is 23.2 Å². The van der Waals surface area contributed by atoms with Crippen LogP contribution in [0.15, 0.2) is 42.5 Å². The van der Waals surface area contributed by atoms with Gasteiger partial charge in [-0.15, -0.1) is 0 Å². The molecule has 0 atom stereocenters. The molecule has 0 aliphatic heterocycles. The van der Waals surface area contributed by atoms with Crippen molar-refractivity contribution in [1.29, 1.82) is 0 Å². The minimum atomic E-state index is -0.182. The fourth-order valence-corrected chi connectivity index (χ4v) is 2.25. The average Bonchev–Trinajstić information content (AvgIpc) is 2.54. The number of hydrogen-bond acceptors (Lipinski definition) is 4. The summed E-state index contributed by atoms with van der Waals surface area (Å²) < 4.78 is 10.4. The van der Waals surface area contributed by atoms with Crippen LogP contribution in [0.4, 0.5) is 11.4 Å². The molecule has 0 radical (unpaired) electrons.